The number of aromatic nitrogens is 2. The van der Waals surface area contributed by atoms with Crippen LogP contribution in [0, 0.1) is 5.92 Å². The van der Waals surface area contributed by atoms with Gasteiger partial charge in [-0.3, -0.25) is 9.59 Å². The first-order valence-electron chi connectivity index (χ1n) is 8.05. The van der Waals surface area contributed by atoms with E-state index in [0.717, 1.165) is 29.3 Å². The maximum Gasteiger partial charge on any atom is 0.225 e. The van der Waals surface area contributed by atoms with Crippen LogP contribution in [0.1, 0.15) is 49.0 Å². The summed E-state index contributed by atoms with van der Waals surface area (Å²) in [5, 5.41) is 12.8. The van der Waals surface area contributed by atoms with Gasteiger partial charge in [-0.1, -0.05) is 31.1 Å². The zero-order valence-corrected chi connectivity index (χ0v) is 13.7. The molecule has 120 valence electrons. The molecule has 2 heterocycles. The average molecular weight is 322 g/mol. The molecule has 2 amide bonds. The normalized spacial score (nSPS) is 22.5. The summed E-state index contributed by atoms with van der Waals surface area (Å²) in [5.41, 5.74) is 0. The fourth-order valence-electron chi connectivity index (χ4n) is 3.29. The van der Waals surface area contributed by atoms with Crippen molar-refractivity contribution in [3.63, 3.8) is 0 Å². The van der Waals surface area contributed by atoms with Crippen LogP contribution in [0.15, 0.2) is 0 Å². The molecule has 3 rings (SSSR count). The Morgan fingerprint density at radius 1 is 1.32 bits per heavy atom. The van der Waals surface area contributed by atoms with Gasteiger partial charge in [-0.25, -0.2) is 0 Å². The number of rotatable bonds is 5. The van der Waals surface area contributed by atoms with Crippen molar-refractivity contribution in [1.82, 2.24) is 20.4 Å². The van der Waals surface area contributed by atoms with E-state index in [1.807, 2.05) is 11.8 Å². The number of hydrogen-bond acceptors (Lipinski definition) is 5. The molecular formula is C15H22N4O2S. The van der Waals surface area contributed by atoms with Crippen molar-refractivity contribution in [3.8, 4) is 0 Å². The third-order valence-corrected chi connectivity index (χ3v) is 5.59. The molecule has 6 nitrogen and oxygen atoms in total. The molecule has 2 aliphatic rings. The fraction of sp³-hybridized carbons (Fsp3) is 0.733. The highest BCUT2D eigenvalue weighted by Crippen LogP contribution is 2.29. The highest BCUT2D eigenvalue weighted by Gasteiger charge is 2.38. The van der Waals surface area contributed by atoms with Crippen molar-refractivity contribution in [2.24, 2.45) is 5.92 Å². The highest BCUT2D eigenvalue weighted by molar-refractivity contribution is 7.11. The Kier molecular flexibility index (Phi) is 4.71. The van der Waals surface area contributed by atoms with Crippen LogP contribution >= 0.6 is 11.3 Å². The van der Waals surface area contributed by atoms with Crippen molar-refractivity contribution in [3.05, 3.63) is 10.0 Å². The molecule has 1 saturated carbocycles. The predicted octanol–water partition coefficient (Wildman–Crippen LogP) is 1.51. The lowest BCUT2D eigenvalue weighted by Crippen LogP contribution is -2.36. The molecule has 0 unspecified atom stereocenters. The van der Waals surface area contributed by atoms with Gasteiger partial charge in [0.15, 0.2) is 0 Å². The SMILES string of the molecule is CCc1nnc(CNC(=O)[C@H]2CC(=O)N(C3CCCC3)C2)s1. The van der Waals surface area contributed by atoms with E-state index in [1.165, 1.54) is 24.2 Å². The summed E-state index contributed by atoms with van der Waals surface area (Å²) in [7, 11) is 0. The van der Waals surface area contributed by atoms with Gasteiger partial charge < -0.3 is 10.2 Å². The Morgan fingerprint density at radius 2 is 2.05 bits per heavy atom. The first-order chi connectivity index (χ1) is 10.7. The summed E-state index contributed by atoms with van der Waals surface area (Å²) in [5.74, 6) is -0.120. The van der Waals surface area contributed by atoms with Gasteiger partial charge in [0.1, 0.15) is 10.0 Å². The lowest BCUT2D eigenvalue weighted by Gasteiger charge is -2.23. The maximum atomic E-state index is 12.3. The van der Waals surface area contributed by atoms with Crippen LogP contribution in [0.3, 0.4) is 0 Å². The van der Waals surface area contributed by atoms with E-state index in [0.29, 0.717) is 25.6 Å². The smallest absolute Gasteiger partial charge is 0.225 e. The number of likely N-dealkylation sites (tertiary alicyclic amines) is 1. The van der Waals surface area contributed by atoms with E-state index in [9.17, 15) is 9.59 Å². The van der Waals surface area contributed by atoms with Crippen LogP contribution in [0.5, 0.6) is 0 Å². The lowest BCUT2D eigenvalue weighted by molar-refractivity contribution is -0.130. The monoisotopic (exact) mass is 322 g/mol. The minimum Gasteiger partial charge on any atom is -0.349 e. The van der Waals surface area contributed by atoms with Crippen molar-refractivity contribution in [2.75, 3.05) is 6.54 Å². The van der Waals surface area contributed by atoms with E-state index in [2.05, 4.69) is 15.5 Å². The Balaban J connectivity index is 1.51. The van der Waals surface area contributed by atoms with Gasteiger partial charge in [0.2, 0.25) is 11.8 Å². The third kappa shape index (κ3) is 3.29. The predicted molar refractivity (Wildman–Crippen MR) is 83.2 cm³/mol. The molecule has 1 atom stereocenters. The van der Waals surface area contributed by atoms with Gasteiger partial charge >= 0.3 is 0 Å². The number of nitrogens with zero attached hydrogens (tertiary/aromatic N) is 3. The Morgan fingerprint density at radius 3 is 2.73 bits per heavy atom. The lowest BCUT2D eigenvalue weighted by atomic mass is 10.1. The van der Waals surface area contributed by atoms with Crippen molar-refractivity contribution < 1.29 is 9.59 Å². The van der Waals surface area contributed by atoms with Gasteiger partial charge in [0, 0.05) is 19.0 Å². The minimum atomic E-state index is -0.216. The van der Waals surface area contributed by atoms with Crippen LogP contribution in [0.2, 0.25) is 0 Å². The summed E-state index contributed by atoms with van der Waals surface area (Å²) in [6.45, 7) is 3.01. The molecular weight excluding hydrogens is 300 g/mol. The molecule has 7 heteroatoms. The number of amides is 2. The highest BCUT2D eigenvalue weighted by atomic mass is 32.1. The quantitative estimate of drug-likeness (QED) is 0.891. The third-order valence-electron chi connectivity index (χ3n) is 4.52. The maximum absolute atomic E-state index is 12.3. The molecule has 0 radical (unpaired) electrons. The van der Waals surface area contributed by atoms with Gasteiger partial charge in [0.25, 0.3) is 0 Å². The zero-order valence-electron chi connectivity index (χ0n) is 12.9. The molecule has 1 N–H and O–H groups in total. The van der Waals surface area contributed by atoms with Crippen LogP contribution in [-0.2, 0) is 22.6 Å². The molecule has 2 fully saturated rings. The second kappa shape index (κ2) is 6.73. The summed E-state index contributed by atoms with van der Waals surface area (Å²) in [4.78, 5) is 26.3. The van der Waals surface area contributed by atoms with E-state index in [-0.39, 0.29) is 17.7 Å². The average Bonchev–Trinajstić information content (AvgIpc) is 3.24. The topological polar surface area (TPSA) is 75.2 Å². The minimum absolute atomic E-state index is 0.0397. The van der Waals surface area contributed by atoms with E-state index < -0.39 is 0 Å². The Labute approximate surface area is 134 Å². The van der Waals surface area contributed by atoms with Crippen LogP contribution in [-0.4, -0.2) is 39.5 Å². The summed E-state index contributed by atoms with van der Waals surface area (Å²) in [6.07, 6.45) is 5.78. The standard InChI is InChI=1S/C15H22N4O2S/c1-2-12-17-18-13(22-12)8-16-15(21)10-7-14(20)19(9-10)11-5-3-4-6-11/h10-11H,2-9H2,1H3,(H,16,21)/t10-/m0/s1. The van der Waals surface area contributed by atoms with E-state index in [4.69, 9.17) is 0 Å². The fourth-order valence-corrected chi connectivity index (χ4v) is 4.01. The summed E-state index contributed by atoms with van der Waals surface area (Å²) < 4.78 is 0. The van der Waals surface area contributed by atoms with Crippen LogP contribution < -0.4 is 5.32 Å². The first-order valence-corrected chi connectivity index (χ1v) is 8.87. The van der Waals surface area contributed by atoms with E-state index >= 15 is 0 Å². The molecule has 1 aromatic heterocycles. The van der Waals surface area contributed by atoms with Crippen LogP contribution in [0.25, 0.3) is 0 Å². The van der Waals surface area contributed by atoms with Crippen LogP contribution in [0.4, 0.5) is 0 Å². The molecule has 0 spiro atoms. The van der Waals surface area contributed by atoms with Crippen molar-refractivity contribution in [2.45, 2.75) is 58.0 Å². The second-order valence-electron chi connectivity index (χ2n) is 6.05. The van der Waals surface area contributed by atoms with Crippen molar-refractivity contribution in [1.29, 1.82) is 0 Å². The largest absolute Gasteiger partial charge is 0.349 e. The van der Waals surface area contributed by atoms with E-state index in [1.54, 1.807) is 0 Å². The molecule has 1 saturated heterocycles. The number of nitrogens with one attached hydrogen (secondary N) is 1. The molecule has 1 aliphatic carbocycles. The Hall–Kier alpha value is -1.50. The number of hydrogen-bond donors (Lipinski definition) is 1. The molecule has 0 bridgehead atoms. The second-order valence-corrected chi connectivity index (χ2v) is 7.19. The number of aryl methyl sites for hydroxylation is 1. The van der Waals surface area contributed by atoms with Gasteiger partial charge in [-0.05, 0) is 19.3 Å². The number of carbonyl (C=O) groups excluding carboxylic acids is 2. The van der Waals surface area contributed by atoms with Gasteiger partial charge in [-0.15, -0.1) is 10.2 Å². The van der Waals surface area contributed by atoms with Gasteiger partial charge in [-0.2, -0.15) is 0 Å². The Bertz CT molecular complexity index is 553. The zero-order chi connectivity index (χ0) is 15.5. The van der Waals surface area contributed by atoms with Gasteiger partial charge in [0.05, 0.1) is 12.5 Å². The number of carbonyl (C=O) groups is 2. The molecule has 1 aliphatic heterocycles. The van der Waals surface area contributed by atoms with Crippen molar-refractivity contribution >= 4 is 23.2 Å². The molecule has 22 heavy (non-hydrogen) atoms. The first kappa shape index (κ1) is 15.4. The molecule has 1 aromatic rings. The summed E-state index contributed by atoms with van der Waals surface area (Å²) >= 11 is 1.52. The molecule has 0 aromatic carbocycles. The summed E-state index contributed by atoms with van der Waals surface area (Å²) in [6, 6.07) is 0.362.